The molecule has 4 aromatic rings. The van der Waals surface area contributed by atoms with Gasteiger partial charge in [0, 0.05) is 6.42 Å². The number of nitrogen functional groups attached to an aromatic ring is 1. The lowest BCUT2D eigenvalue weighted by Crippen LogP contribution is -2.43. The first kappa shape index (κ1) is 36.8. The number of anilines is 1. The van der Waals surface area contributed by atoms with Crippen LogP contribution in [0.3, 0.4) is 0 Å². The first-order chi connectivity index (χ1) is 24.3. The lowest BCUT2D eigenvalue weighted by molar-refractivity contribution is -0.385. The summed E-state index contributed by atoms with van der Waals surface area (Å²) in [6.07, 6.45) is -4.92. The molecule has 1 amide bonds. The van der Waals surface area contributed by atoms with E-state index in [1.165, 1.54) is 31.2 Å². The number of aromatic nitrogens is 4. The number of nitrogens with zero attached hydrogens (tertiary/aromatic N) is 5. The molecule has 1 unspecified atom stereocenters. The van der Waals surface area contributed by atoms with E-state index >= 15 is 0 Å². The van der Waals surface area contributed by atoms with E-state index in [-0.39, 0.29) is 40.5 Å². The Kier molecular flexibility index (Phi) is 11.3. The van der Waals surface area contributed by atoms with Crippen LogP contribution in [0.4, 0.5) is 16.3 Å². The summed E-state index contributed by atoms with van der Waals surface area (Å²) in [6.45, 7) is -1.47. The number of aliphatic hydroxyl groups is 2. The number of nitro benzene ring substituents is 1. The topological polar surface area (TPSA) is 292 Å². The molecular weight excluding hydrogens is 701 g/mol. The summed E-state index contributed by atoms with van der Waals surface area (Å²) in [5, 5.41) is 35.1. The van der Waals surface area contributed by atoms with Gasteiger partial charge in [-0.3, -0.25) is 24.1 Å². The average molecular weight is 734 g/mol. The number of nitro groups is 1. The number of alkyl carbamates (subject to hydrolysis) is 1. The minimum absolute atomic E-state index is 0.0601. The molecular formula is C29H32N7O14P. The molecule has 0 spiro atoms. The summed E-state index contributed by atoms with van der Waals surface area (Å²) < 4.78 is 44.9. The molecule has 0 saturated carbocycles. The standard InChI is InChI=1S/C29H32N7O14P/c1-45-19-9-16(18(36(41)42)10-20(19)46-2)11-47-29(40)34-17(8-15-6-4-3-5-7-15)28(39)50-51(43,44)48-12-21-23(37)24(38)27(49-21)35-14-33-22-25(30)31-13-32-26(22)35/h3-7,9-10,13-14,17,21,23-24,27,37-38H,8,11-12H2,1-2H3,(H,34,40)(H,43,44)(H2,30,31,32)/t17-,21+,23+,24+,27+/m0/s1. The fourth-order valence-corrected chi connectivity index (χ4v) is 5.83. The van der Waals surface area contributed by atoms with Crippen molar-refractivity contribution in [2.24, 2.45) is 0 Å². The number of benzene rings is 2. The highest BCUT2D eigenvalue weighted by Gasteiger charge is 2.46. The van der Waals surface area contributed by atoms with Gasteiger partial charge < -0.3 is 44.7 Å². The van der Waals surface area contributed by atoms with Crippen molar-refractivity contribution in [1.29, 1.82) is 0 Å². The van der Waals surface area contributed by atoms with Crippen LogP contribution in [0.2, 0.25) is 0 Å². The molecule has 1 aliphatic rings. The summed E-state index contributed by atoms with van der Waals surface area (Å²) in [5.41, 5.74) is 6.19. The number of hydrogen-bond acceptors (Lipinski definition) is 17. The molecule has 0 aliphatic carbocycles. The number of methoxy groups -OCH3 is 2. The van der Waals surface area contributed by atoms with Crippen molar-refractivity contribution in [1.82, 2.24) is 24.8 Å². The van der Waals surface area contributed by atoms with E-state index in [0.717, 1.165) is 12.4 Å². The van der Waals surface area contributed by atoms with Crippen molar-refractivity contribution >= 4 is 42.6 Å². The zero-order valence-corrected chi connectivity index (χ0v) is 27.7. The molecule has 51 heavy (non-hydrogen) atoms. The van der Waals surface area contributed by atoms with Crippen molar-refractivity contribution in [3.05, 3.63) is 76.4 Å². The van der Waals surface area contributed by atoms with Gasteiger partial charge in [0.15, 0.2) is 29.2 Å². The van der Waals surface area contributed by atoms with Crippen LogP contribution in [0.25, 0.3) is 11.2 Å². The van der Waals surface area contributed by atoms with Gasteiger partial charge >= 0.3 is 19.9 Å². The zero-order chi connectivity index (χ0) is 36.9. The molecule has 0 bridgehead atoms. The molecule has 21 nitrogen and oxygen atoms in total. The summed E-state index contributed by atoms with van der Waals surface area (Å²) in [5.74, 6) is -1.16. The van der Waals surface area contributed by atoms with E-state index in [2.05, 4.69) is 20.3 Å². The maximum Gasteiger partial charge on any atom is 0.529 e. The van der Waals surface area contributed by atoms with Crippen LogP contribution < -0.4 is 20.5 Å². The second-order valence-electron chi connectivity index (χ2n) is 10.9. The maximum atomic E-state index is 13.2. The number of imidazole rings is 1. The van der Waals surface area contributed by atoms with Gasteiger partial charge in [0.05, 0.1) is 43.7 Å². The Bertz CT molecular complexity index is 1950. The number of phosphoric ester groups is 1. The van der Waals surface area contributed by atoms with E-state index in [1.54, 1.807) is 30.3 Å². The maximum absolute atomic E-state index is 13.2. The number of amides is 1. The Morgan fingerprint density at radius 1 is 1.12 bits per heavy atom. The van der Waals surface area contributed by atoms with Crippen molar-refractivity contribution < 1.29 is 62.2 Å². The third kappa shape index (κ3) is 8.48. The van der Waals surface area contributed by atoms with E-state index in [1.807, 2.05) is 0 Å². The van der Waals surface area contributed by atoms with Crippen LogP contribution in [0.15, 0.2) is 55.1 Å². The Morgan fingerprint density at radius 3 is 2.51 bits per heavy atom. The summed E-state index contributed by atoms with van der Waals surface area (Å²) in [6, 6.07) is 8.93. The highest BCUT2D eigenvalue weighted by Crippen LogP contribution is 2.45. The third-order valence-electron chi connectivity index (χ3n) is 7.61. The van der Waals surface area contributed by atoms with Crippen molar-refractivity contribution in [2.75, 3.05) is 26.6 Å². The predicted molar refractivity (Wildman–Crippen MR) is 171 cm³/mol. The van der Waals surface area contributed by atoms with E-state index < -0.39 is 74.3 Å². The first-order valence-electron chi connectivity index (χ1n) is 14.8. The molecule has 1 saturated heterocycles. The van der Waals surface area contributed by atoms with Crippen LogP contribution >= 0.6 is 7.82 Å². The number of phosphoric acid groups is 1. The lowest BCUT2D eigenvalue weighted by Gasteiger charge is -2.21. The fourth-order valence-electron chi connectivity index (χ4n) is 5.09. The zero-order valence-electron chi connectivity index (χ0n) is 26.8. The van der Waals surface area contributed by atoms with Gasteiger partial charge in [-0.05, 0) is 11.6 Å². The minimum atomic E-state index is -5.24. The van der Waals surface area contributed by atoms with E-state index in [4.69, 9.17) is 33.7 Å². The quantitative estimate of drug-likeness (QED) is 0.0690. The summed E-state index contributed by atoms with van der Waals surface area (Å²) in [7, 11) is -2.65. The smallest absolute Gasteiger partial charge is 0.493 e. The Labute approximate surface area is 287 Å². The van der Waals surface area contributed by atoms with Crippen LogP contribution in [0.5, 0.6) is 11.5 Å². The Balaban J connectivity index is 1.24. The molecule has 6 N–H and O–H groups in total. The molecule has 1 fully saturated rings. The number of aliphatic hydroxyl groups excluding tert-OH is 2. The van der Waals surface area contributed by atoms with Gasteiger partial charge in [-0.1, -0.05) is 30.3 Å². The van der Waals surface area contributed by atoms with Crippen LogP contribution in [-0.4, -0.2) is 96.8 Å². The van der Waals surface area contributed by atoms with Crippen molar-refractivity contribution in [2.45, 2.75) is 43.6 Å². The number of fused-ring (bicyclic) bond motifs is 1. The minimum Gasteiger partial charge on any atom is -0.493 e. The van der Waals surface area contributed by atoms with Gasteiger partial charge in [0.1, 0.15) is 42.8 Å². The highest BCUT2D eigenvalue weighted by molar-refractivity contribution is 7.48. The Morgan fingerprint density at radius 2 is 1.82 bits per heavy atom. The van der Waals surface area contributed by atoms with E-state index in [0.29, 0.717) is 5.56 Å². The molecule has 0 radical (unpaired) electrons. The fraction of sp³-hybridized carbons (Fsp3) is 0.345. The number of ether oxygens (including phenoxy) is 4. The second kappa shape index (κ2) is 15.6. The van der Waals surface area contributed by atoms with Crippen LogP contribution in [-0.2, 0) is 40.9 Å². The summed E-state index contributed by atoms with van der Waals surface area (Å²) in [4.78, 5) is 59.3. The number of nitrogens with one attached hydrogen (secondary N) is 1. The van der Waals surface area contributed by atoms with Gasteiger partial charge in [-0.2, -0.15) is 0 Å². The van der Waals surface area contributed by atoms with Crippen molar-refractivity contribution in [3.63, 3.8) is 0 Å². The number of carbonyl (C=O) groups excluding carboxylic acids is 2. The largest absolute Gasteiger partial charge is 0.529 e. The second-order valence-corrected chi connectivity index (χ2v) is 12.2. The number of nitrogens with two attached hydrogens (primary N) is 1. The SMILES string of the molecule is COc1cc(COC(=O)N[C@@H](Cc2ccccc2)C(=O)OP(=O)(O)OC[C@H]2O[C@@H](n3cnc4c(N)ncnc43)[C@H](O)[C@@H]2O)c([N+](=O)[O-])cc1OC. The molecule has 1 aliphatic heterocycles. The number of carbonyl (C=O) groups is 2. The average Bonchev–Trinajstić information content (AvgIpc) is 3.66. The molecule has 6 atom stereocenters. The molecule has 2 aromatic carbocycles. The van der Waals surface area contributed by atoms with Gasteiger partial charge in [0.2, 0.25) is 0 Å². The molecule has 272 valence electrons. The van der Waals surface area contributed by atoms with Gasteiger partial charge in [0.25, 0.3) is 5.69 Å². The molecule has 2 aromatic heterocycles. The molecule has 3 heterocycles. The normalized spacial score (nSPS) is 20.3. The lowest BCUT2D eigenvalue weighted by atomic mass is 10.1. The van der Waals surface area contributed by atoms with Gasteiger partial charge in [-0.15, -0.1) is 0 Å². The predicted octanol–water partition coefficient (Wildman–Crippen LogP) is 1.15. The highest BCUT2D eigenvalue weighted by atomic mass is 31.2. The molecule has 22 heteroatoms. The molecule has 5 rings (SSSR count). The monoisotopic (exact) mass is 733 g/mol. The van der Waals surface area contributed by atoms with Gasteiger partial charge in [-0.25, -0.2) is 29.1 Å². The van der Waals surface area contributed by atoms with Crippen LogP contribution in [0.1, 0.15) is 17.4 Å². The number of rotatable bonds is 14. The summed E-state index contributed by atoms with van der Waals surface area (Å²) >= 11 is 0. The number of hydrogen-bond donors (Lipinski definition) is 5. The first-order valence-corrected chi connectivity index (χ1v) is 16.3. The van der Waals surface area contributed by atoms with Crippen LogP contribution in [0, 0.1) is 10.1 Å². The van der Waals surface area contributed by atoms with Crippen molar-refractivity contribution in [3.8, 4) is 11.5 Å². The van der Waals surface area contributed by atoms with E-state index in [9.17, 15) is 39.4 Å². The Hall–Kier alpha value is -5.44. The third-order valence-corrected chi connectivity index (χ3v) is 8.49.